The van der Waals surface area contributed by atoms with Crippen LogP contribution in [0.1, 0.15) is 52.2 Å². The molecule has 2 aromatic heterocycles. The zero-order valence-corrected chi connectivity index (χ0v) is 18.9. The van der Waals surface area contributed by atoms with E-state index in [1.165, 1.54) is 11.1 Å². The summed E-state index contributed by atoms with van der Waals surface area (Å²) in [6.07, 6.45) is 3.91. The number of aryl methyl sites for hydroxylation is 1. The molecule has 6 N–H and O–H groups in total. The molecule has 3 rings (SSSR count). The van der Waals surface area contributed by atoms with Crippen molar-refractivity contribution in [1.29, 1.82) is 0 Å². The Kier molecular flexibility index (Phi) is 7.31. The molecule has 0 aromatic carbocycles. The first-order valence-corrected chi connectivity index (χ1v) is 10.7. The maximum atomic E-state index is 12.2. The Labute approximate surface area is 191 Å². The van der Waals surface area contributed by atoms with Gasteiger partial charge >= 0.3 is 6.09 Å². The van der Waals surface area contributed by atoms with Crippen LogP contribution in [0.4, 0.5) is 22.0 Å². The van der Waals surface area contributed by atoms with Crippen LogP contribution in [0.15, 0.2) is 24.4 Å². The van der Waals surface area contributed by atoms with Crippen molar-refractivity contribution in [3.8, 4) is 0 Å². The highest BCUT2D eigenvalue weighted by molar-refractivity contribution is 5.98. The van der Waals surface area contributed by atoms with Crippen LogP contribution in [0.2, 0.25) is 0 Å². The zero-order chi connectivity index (χ0) is 24.1. The Morgan fingerprint density at radius 2 is 1.85 bits per heavy atom. The van der Waals surface area contributed by atoms with Crippen molar-refractivity contribution in [2.24, 2.45) is 5.73 Å². The van der Waals surface area contributed by atoms with Crippen LogP contribution in [0.5, 0.6) is 0 Å². The predicted molar refractivity (Wildman–Crippen MR) is 124 cm³/mol. The highest BCUT2D eigenvalue weighted by Crippen LogP contribution is 2.26. The molecule has 0 unspecified atom stereocenters. The highest BCUT2D eigenvalue weighted by atomic mass is 16.4. The van der Waals surface area contributed by atoms with E-state index < -0.39 is 12.0 Å². The van der Waals surface area contributed by atoms with Gasteiger partial charge in [0.15, 0.2) is 5.69 Å². The van der Waals surface area contributed by atoms with E-state index >= 15 is 0 Å². The molecule has 1 saturated carbocycles. The molecular weight excluding hydrogens is 426 g/mol. The molecule has 1 aliphatic rings. The van der Waals surface area contributed by atoms with Crippen LogP contribution in [-0.2, 0) is 0 Å². The van der Waals surface area contributed by atoms with Gasteiger partial charge in [0.05, 0.1) is 34.9 Å². The Bertz CT molecular complexity index is 1060. The molecule has 0 radical (unpaired) electrons. The van der Waals surface area contributed by atoms with E-state index in [-0.39, 0.29) is 23.7 Å². The third-order valence-electron chi connectivity index (χ3n) is 5.53. The summed E-state index contributed by atoms with van der Waals surface area (Å²) in [4.78, 5) is 45.4. The molecule has 1 fully saturated rings. The minimum atomic E-state index is -1.06. The number of nitrogens with one attached hydrogen (secondary N) is 3. The monoisotopic (exact) mass is 455 g/mol. The smallest absolute Gasteiger partial charge is 0.404 e. The number of rotatable bonds is 7. The van der Waals surface area contributed by atoms with Crippen LogP contribution in [0, 0.1) is 6.92 Å². The number of hydrogen-bond acceptors (Lipinski definition) is 7. The van der Waals surface area contributed by atoms with Gasteiger partial charge in [-0.2, -0.15) is 0 Å². The number of hydrogen-bond donors (Lipinski definition) is 5. The summed E-state index contributed by atoms with van der Waals surface area (Å²) in [7, 11) is 3.33. The lowest BCUT2D eigenvalue weighted by molar-refractivity contribution is 0.0826. The van der Waals surface area contributed by atoms with Crippen molar-refractivity contribution >= 4 is 35.1 Å². The Balaban J connectivity index is 1.85. The summed E-state index contributed by atoms with van der Waals surface area (Å²) in [6, 6.07) is 4.66. The molecule has 0 bridgehead atoms. The van der Waals surface area contributed by atoms with Gasteiger partial charge < -0.3 is 31.7 Å². The van der Waals surface area contributed by atoms with E-state index in [2.05, 4.69) is 25.9 Å². The lowest BCUT2D eigenvalue weighted by atomic mass is 9.90. The van der Waals surface area contributed by atoms with E-state index in [1.54, 1.807) is 39.2 Å². The van der Waals surface area contributed by atoms with Gasteiger partial charge in [-0.25, -0.2) is 14.8 Å². The van der Waals surface area contributed by atoms with Gasteiger partial charge in [-0.05, 0) is 38.0 Å². The molecule has 2 atom stereocenters. The SMILES string of the molecule is Cc1nc(Nc2cc(N[C@@H]3CCCC[C@@H]3NC(=O)O)cnc2C(N)=O)ccc1C(=O)N(C)C. The Hall–Kier alpha value is -3.89. The standard InChI is InChI=1S/C22H29N7O4/c1-12-14(21(31)29(2)3)8-9-18(25-12)27-17-10-13(11-24-19(17)20(23)30)26-15-6-4-5-7-16(15)28-22(32)33/h8-11,15-16,26,28H,4-7H2,1-3H3,(H2,23,30)(H,25,27)(H,32,33)/t15-,16+/m1/s1. The van der Waals surface area contributed by atoms with Crippen LogP contribution < -0.4 is 21.7 Å². The first-order valence-electron chi connectivity index (χ1n) is 10.7. The molecule has 176 valence electrons. The van der Waals surface area contributed by atoms with Crippen molar-refractivity contribution in [3.05, 3.63) is 41.3 Å². The maximum Gasteiger partial charge on any atom is 0.404 e. The molecule has 33 heavy (non-hydrogen) atoms. The number of anilines is 3. The number of carbonyl (C=O) groups is 3. The summed E-state index contributed by atoms with van der Waals surface area (Å²) in [6.45, 7) is 1.73. The van der Waals surface area contributed by atoms with Crippen LogP contribution in [0.25, 0.3) is 0 Å². The summed E-state index contributed by atoms with van der Waals surface area (Å²) in [5, 5.41) is 18.1. The molecule has 1 aliphatic carbocycles. The minimum Gasteiger partial charge on any atom is -0.465 e. The molecule has 2 heterocycles. The lowest BCUT2D eigenvalue weighted by Crippen LogP contribution is -2.48. The maximum absolute atomic E-state index is 12.2. The summed E-state index contributed by atoms with van der Waals surface area (Å²) >= 11 is 0. The zero-order valence-electron chi connectivity index (χ0n) is 18.9. The van der Waals surface area contributed by atoms with Crippen molar-refractivity contribution in [3.63, 3.8) is 0 Å². The fraction of sp³-hybridized carbons (Fsp3) is 0.409. The van der Waals surface area contributed by atoms with Gasteiger partial charge in [0.2, 0.25) is 0 Å². The van der Waals surface area contributed by atoms with Crippen molar-refractivity contribution < 1.29 is 19.5 Å². The van der Waals surface area contributed by atoms with Gasteiger partial charge in [0.1, 0.15) is 5.82 Å². The second kappa shape index (κ2) is 10.2. The van der Waals surface area contributed by atoms with E-state index in [9.17, 15) is 14.4 Å². The average Bonchev–Trinajstić information content (AvgIpc) is 2.74. The van der Waals surface area contributed by atoms with E-state index in [1.807, 2.05) is 0 Å². The third kappa shape index (κ3) is 5.88. The number of nitrogens with zero attached hydrogens (tertiary/aromatic N) is 3. The number of pyridine rings is 2. The van der Waals surface area contributed by atoms with Gasteiger partial charge in [0.25, 0.3) is 11.8 Å². The number of carbonyl (C=O) groups excluding carboxylic acids is 2. The van der Waals surface area contributed by atoms with Crippen molar-refractivity contribution in [2.45, 2.75) is 44.7 Å². The topological polar surface area (TPSA) is 163 Å². The van der Waals surface area contributed by atoms with E-state index in [0.717, 1.165) is 25.7 Å². The Morgan fingerprint density at radius 3 is 2.45 bits per heavy atom. The lowest BCUT2D eigenvalue weighted by Gasteiger charge is -2.32. The molecular formula is C22H29N7O4. The molecule has 11 heteroatoms. The number of amides is 3. The summed E-state index contributed by atoms with van der Waals surface area (Å²) < 4.78 is 0. The second-order valence-corrected chi connectivity index (χ2v) is 8.23. The highest BCUT2D eigenvalue weighted by Gasteiger charge is 2.27. The summed E-state index contributed by atoms with van der Waals surface area (Å²) in [5.41, 5.74) is 7.51. The molecule has 0 aliphatic heterocycles. The third-order valence-corrected chi connectivity index (χ3v) is 5.53. The van der Waals surface area contributed by atoms with Gasteiger partial charge in [-0.1, -0.05) is 12.8 Å². The second-order valence-electron chi connectivity index (χ2n) is 8.23. The fourth-order valence-electron chi connectivity index (χ4n) is 3.92. The first-order chi connectivity index (χ1) is 15.7. The minimum absolute atomic E-state index is 0.0392. The molecule has 11 nitrogen and oxygen atoms in total. The van der Waals surface area contributed by atoms with Gasteiger partial charge in [-0.3, -0.25) is 9.59 Å². The van der Waals surface area contributed by atoms with Gasteiger partial charge in [-0.15, -0.1) is 0 Å². The van der Waals surface area contributed by atoms with E-state index in [4.69, 9.17) is 10.8 Å². The normalized spacial score (nSPS) is 17.7. The predicted octanol–water partition coefficient (Wildman–Crippen LogP) is 2.32. The van der Waals surface area contributed by atoms with Crippen LogP contribution in [-0.4, -0.2) is 64.1 Å². The van der Waals surface area contributed by atoms with Crippen molar-refractivity contribution in [1.82, 2.24) is 20.2 Å². The molecule has 3 amide bonds. The van der Waals surface area contributed by atoms with Crippen LogP contribution in [0.3, 0.4) is 0 Å². The first kappa shape index (κ1) is 23.8. The quantitative estimate of drug-likeness (QED) is 0.425. The van der Waals surface area contributed by atoms with Crippen LogP contribution >= 0.6 is 0 Å². The largest absolute Gasteiger partial charge is 0.465 e. The summed E-state index contributed by atoms with van der Waals surface area (Å²) in [5.74, 6) is -0.440. The molecule has 2 aromatic rings. The average molecular weight is 456 g/mol. The molecule has 0 saturated heterocycles. The fourth-order valence-corrected chi connectivity index (χ4v) is 3.92. The number of aromatic nitrogens is 2. The number of primary amides is 1. The van der Waals surface area contributed by atoms with Gasteiger partial charge in [0, 0.05) is 20.1 Å². The number of carboxylic acid groups (broad SMARTS) is 1. The van der Waals surface area contributed by atoms with Crippen molar-refractivity contribution in [2.75, 3.05) is 24.7 Å². The molecule has 0 spiro atoms. The number of nitrogens with two attached hydrogens (primary N) is 1. The Morgan fingerprint density at radius 1 is 1.15 bits per heavy atom. The van der Waals surface area contributed by atoms with E-state index in [0.29, 0.717) is 28.5 Å².